The lowest BCUT2D eigenvalue weighted by Crippen LogP contribution is -2.18. The third-order valence-corrected chi connectivity index (χ3v) is 4.19. The smallest absolute Gasteiger partial charge is 0.258 e. The maximum Gasteiger partial charge on any atom is 0.258 e. The molecule has 0 spiro atoms. The van der Waals surface area contributed by atoms with E-state index in [1.165, 1.54) is 24.5 Å². The average Bonchev–Trinajstić information content (AvgIpc) is 2.71. The Balaban J connectivity index is 1.68. The van der Waals surface area contributed by atoms with Gasteiger partial charge in [0.2, 0.25) is 5.91 Å². The molecule has 3 rings (SSSR count). The number of ether oxygens (including phenoxy) is 1. The van der Waals surface area contributed by atoms with Gasteiger partial charge in [-0.15, -0.1) is 0 Å². The Morgan fingerprint density at radius 1 is 1.19 bits per heavy atom. The zero-order valence-electron chi connectivity index (χ0n) is 14.6. The summed E-state index contributed by atoms with van der Waals surface area (Å²) in [7, 11) is 0. The lowest BCUT2D eigenvalue weighted by atomic mass is 9.99. The van der Waals surface area contributed by atoms with Crippen molar-refractivity contribution in [1.82, 2.24) is 9.97 Å². The van der Waals surface area contributed by atoms with Crippen molar-refractivity contribution in [3.05, 3.63) is 60.5 Å². The number of nitrogens with zero attached hydrogens (tertiary/aromatic N) is 2. The quantitative estimate of drug-likeness (QED) is 0.790. The van der Waals surface area contributed by atoms with Crippen molar-refractivity contribution < 1.29 is 18.7 Å². The van der Waals surface area contributed by atoms with Crippen LogP contribution in [0.1, 0.15) is 34.9 Å². The molecule has 1 aliphatic heterocycles. The molecule has 27 heavy (non-hydrogen) atoms. The van der Waals surface area contributed by atoms with E-state index in [1.54, 1.807) is 0 Å². The van der Waals surface area contributed by atoms with E-state index < -0.39 is 17.6 Å². The van der Waals surface area contributed by atoms with E-state index in [4.69, 9.17) is 4.74 Å². The summed E-state index contributed by atoms with van der Waals surface area (Å²) in [6.45, 7) is 4.68. The third-order valence-electron chi connectivity index (χ3n) is 4.19. The first-order chi connectivity index (χ1) is 13.1. The summed E-state index contributed by atoms with van der Waals surface area (Å²) in [5.74, 6) is -0.655. The highest BCUT2D eigenvalue weighted by Crippen LogP contribution is 2.24. The molecule has 0 radical (unpaired) electrons. The van der Waals surface area contributed by atoms with Crippen molar-refractivity contribution in [2.75, 3.05) is 23.8 Å². The van der Waals surface area contributed by atoms with Crippen LogP contribution in [0.3, 0.4) is 0 Å². The van der Waals surface area contributed by atoms with E-state index in [0.717, 1.165) is 25.0 Å². The summed E-state index contributed by atoms with van der Waals surface area (Å²) in [6, 6.07) is 3.87. The zero-order chi connectivity index (χ0) is 19.2. The van der Waals surface area contributed by atoms with Gasteiger partial charge in [-0.25, -0.2) is 14.4 Å². The predicted molar refractivity (Wildman–Crippen MR) is 98.0 cm³/mol. The molecular weight excluding hydrogens is 351 g/mol. The summed E-state index contributed by atoms with van der Waals surface area (Å²) >= 11 is 0. The van der Waals surface area contributed by atoms with E-state index in [2.05, 4.69) is 27.2 Å². The van der Waals surface area contributed by atoms with Gasteiger partial charge < -0.3 is 15.4 Å². The van der Waals surface area contributed by atoms with Crippen LogP contribution in [-0.2, 0) is 9.53 Å². The van der Waals surface area contributed by atoms with Crippen molar-refractivity contribution in [1.29, 1.82) is 0 Å². The molecule has 140 valence electrons. The lowest BCUT2D eigenvalue weighted by molar-refractivity contribution is -0.111. The van der Waals surface area contributed by atoms with Gasteiger partial charge >= 0.3 is 0 Å². The molecular formula is C19H19FN4O3. The van der Waals surface area contributed by atoms with Gasteiger partial charge in [-0.05, 0) is 37.1 Å². The zero-order valence-corrected chi connectivity index (χ0v) is 14.6. The molecule has 2 amide bonds. The fourth-order valence-corrected chi connectivity index (χ4v) is 2.71. The number of halogens is 1. The van der Waals surface area contributed by atoms with Crippen LogP contribution in [0, 0.1) is 5.82 Å². The van der Waals surface area contributed by atoms with Crippen LogP contribution in [0.4, 0.5) is 15.8 Å². The van der Waals surface area contributed by atoms with Crippen LogP contribution in [-0.4, -0.2) is 35.0 Å². The van der Waals surface area contributed by atoms with Crippen LogP contribution in [0.2, 0.25) is 0 Å². The molecule has 2 N–H and O–H groups in total. The van der Waals surface area contributed by atoms with Gasteiger partial charge in [-0.1, -0.05) is 6.58 Å². The maximum absolute atomic E-state index is 13.8. The van der Waals surface area contributed by atoms with Gasteiger partial charge in [-0.2, -0.15) is 0 Å². The fraction of sp³-hybridized carbons (Fsp3) is 0.263. The first-order valence-corrected chi connectivity index (χ1v) is 8.51. The Morgan fingerprint density at radius 3 is 2.56 bits per heavy atom. The normalized spacial score (nSPS) is 14.4. The Bertz CT molecular complexity index is 849. The first kappa shape index (κ1) is 18.7. The number of rotatable bonds is 5. The van der Waals surface area contributed by atoms with Crippen molar-refractivity contribution >= 4 is 23.2 Å². The van der Waals surface area contributed by atoms with Gasteiger partial charge in [0, 0.05) is 37.2 Å². The molecule has 1 aromatic carbocycles. The Kier molecular flexibility index (Phi) is 5.87. The minimum Gasteiger partial charge on any atom is -0.381 e. The summed E-state index contributed by atoms with van der Waals surface area (Å²) in [6.07, 6.45) is 5.69. The van der Waals surface area contributed by atoms with E-state index in [0.29, 0.717) is 24.7 Å². The van der Waals surface area contributed by atoms with Crippen molar-refractivity contribution in [3.63, 3.8) is 0 Å². The second kappa shape index (κ2) is 8.50. The summed E-state index contributed by atoms with van der Waals surface area (Å²) in [5, 5.41) is 4.97. The largest absolute Gasteiger partial charge is 0.381 e. The highest BCUT2D eigenvalue weighted by atomic mass is 19.1. The highest BCUT2D eigenvalue weighted by Gasteiger charge is 2.19. The molecule has 1 aliphatic rings. The van der Waals surface area contributed by atoms with Crippen LogP contribution < -0.4 is 10.6 Å². The molecule has 1 saturated heterocycles. The number of hydrogen-bond acceptors (Lipinski definition) is 5. The molecule has 7 nitrogen and oxygen atoms in total. The SMILES string of the molecule is C=CC(=O)Nc1cc(NC(=O)c2cnc(C3CCOCC3)nc2)ccc1F. The van der Waals surface area contributed by atoms with E-state index >= 15 is 0 Å². The van der Waals surface area contributed by atoms with Crippen molar-refractivity contribution in [2.45, 2.75) is 18.8 Å². The summed E-state index contributed by atoms with van der Waals surface area (Å²) in [4.78, 5) is 32.3. The number of aromatic nitrogens is 2. The van der Waals surface area contributed by atoms with Crippen LogP contribution in [0.5, 0.6) is 0 Å². The monoisotopic (exact) mass is 370 g/mol. The maximum atomic E-state index is 13.8. The topological polar surface area (TPSA) is 93.2 Å². The molecule has 0 unspecified atom stereocenters. The van der Waals surface area contributed by atoms with Crippen molar-refractivity contribution in [2.24, 2.45) is 0 Å². The van der Waals surface area contributed by atoms with Crippen LogP contribution >= 0.6 is 0 Å². The number of hydrogen-bond donors (Lipinski definition) is 2. The predicted octanol–water partition coefficient (Wildman–Crippen LogP) is 2.89. The first-order valence-electron chi connectivity index (χ1n) is 8.51. The number of carbonyl (C=O) groups is 2. The van der Waals surface area contributed by atoms with Gasteiger partial charge in [0.15, 0.2) is 0 Å². The number of amides is 2. The van der Waals surface area contributed by atoms with Gasteiger partial charge in [0.1, 0.15) is 11.6 Å². The molecule has 0 bridgehead atoms. The third kappa shape index (κ3) is 4.73. The van der Waals surface area contributed by atoms with Crippen molar-refractivity contribution in [3.8, 4) is 0 Å². The Labute approximate surface area is 155 Å². The second-order valence-electron chi connectivity index (χ2n) is 6.06. The minimum atomic E-state index is -0.618. The Hall–Kier alpha value is -3.13. The highest BCUT2D eigenvalue weighted by molar-refractivity contribution is 6.04. The molecule has 1 fully saturated rings. The van der Waals surface area contributed by atoms with Gasteiger partial charge in [0.05, 0.1) is 11.3 Å². The minimum absolute atomic E-state index is 0.0520. The number of benzene rings is 1. The molecule has 2 heterocycles. The Morgan fingerprint density at radius 2 is 1.89 bits per heavy atom. The molecule has 0 atom stereocenters. The summed E-state index contributed by atoms with van der Waals surface area (Å²) < 4.78 is 19.1. The summed E-state index contributed by atoms with van der Waals surface area (Å²) in [5.41, 5.74) is 0.560. The number of anilines is 2. The van der Waals surface area contributed by atoms with Crippen LogP contribution in [0.15, 0.2) is 43.2 Å². The molecule has 8 heteroatoms. The van der Waals surface area contributed by atoms with E-state index in [9.17, 15) is 14.0 Å². The van der Waals surface area contributed by atoms with E-state index in [1.807, 2.05) is 0 Å². The fourth-order valence-electron chi connectivity index (χ4n) is 2.71. The number of carbonyl (C=O) groups excluding carboxylic acids is 2. The second-order valence-corrected chi connectivity index (χ2v) is 6.06. The molecule has 1 aromatic heterocycles. The van der Waals surface area contributed by atoms with E-state index in [-0.39, 0.29) is 17.2 Å². The van der Waals surface area contributed by atoms with Gasteiger partial charge in [0.25, 0.3) is 5.91 Å². The molecule has 0 aliphatic carbocycles. The lowest BCUT2D eigenvalue weighted by Gasteiger charge is -2.20. The average molecular weight is 370 g/mol. The molecule has 2 aromatic rings. The van der Waals surface area contributed by atoms with Gasteiger partial charge in [-0.3, -0.25) is 9.59 Å². The van der Waals surface area contributed by atoms with Crippen LogP contribution in [0.25, 0.3) is 0 Å². The molecule has 0 saturated carbocycles. The standard InChI is InChI=1S/C19H19FN4O3/c1-2-17(25)24-16-9-14(3-4-15(16)20)23-19(26)13-10-21-18(22-11-13)12-5-7-27-8-6-12/h2-4,9-12H,1,5-8H2,(H,23,26)(H,24,25). The number of nitrogens with one attached hydrogen (secondary N) is 2.